The summed E-state index contributed by atoms with van der Waals surface area (Å²) in [4.78, 5) is 50.9. The molecule has 2 fully saturated rings. The van der Waals surface area contributed by atoms with Gasteiger partial charge in [-0.3, -0.25) is 19.2 Å². The van der Waals surface area contributed by atoms with Gasteiger partial charge in [0.2, 0.25) is 23.6 Å². The molecule has 1 saturated carbocycles. The van der Waals surface area contributed by atoms with Crippen molar-refractivity contribution in [1.82, 2.24) is 10.6 Å². The number of hydrogen-bond donors (Lipinski definition) is 5. The molecule has 9 nitrogen and oxygen atoms in total. The molecule has 1 unspecified atom stereocenters. The largest absolute Gasteiger partial charge is 0.369 e. The van der Waals surface area contributed by atoms with E-state index in [2.05, 4.69) is 16.0 Å². The summed E-state index contributed by atoms with van der Waals surface area (Å²) in [5, 5.41) is 9.38. The molecule has 4 amide bonds. The van der Waals surface area contributed by atoms with Crippen LogP contribution in [0.1, 0.15) is 44.1 Å². The lowest BCUT2D eigenvalue weighted by Gasteiger charge is -2.36. The van der Waals surface area contributed by atoms with Crippen LogP contribution in [0.3, 0.4) is 0 Å². The number of hydrogen-bond acceptors (Lipinski definition) is 5. The van der Waals surface area contributed by atoms with Gasteiger partial charge in [-0.15, -0.1) is 0 Å². The third-order valence-electron chi connectivity index (χ3n) is 7.15. The molecule has 184 valence electrons. The molecule has 1 saturated heterocycles. The monoisotopic (exact) mass is 509 g/mol. The Labute approximate surface area is 207 Å². The highest BCUT2D eigenvalue weighted by molar-refractivity contribution is 6.37. The quantitative estimate of drug-likeness (QED) is 0.340. The SMILES string of the molecule is NC(=O)[C@H](C[C@@H]1CCCNC1=O)NC(=O)C(CC1CC1)[C@]1(C(N)=O)Cc2cc(Cl)cc(Cl)c2N1. The maximum Gasteiger partial charge on any atom is 0.244 e. The van der Waals surface area contributed by atoms with Gasteiger partial charge in [-0.1, -0.05) is 36.0 Å². The predicted molar refractivity (Wildman–Crippen MR) is 128 cm³/mol. The number of piperidine rings is 1. The van der Waals surface area contributed by atoms with Crippen molar-refractivity contribution in [2.45, 2.75) is 56.5 Å². The fourth-order valence-corrected chi connectivity index (χ4v) is 5.67. The third-order valence-corrected chi connectivity index (χ3v) is 7.67. The van der Waals surface area contributed by atoms with E-state index in [-0.39, 0.29) is 24.7 Å². The Hall–Kier alpha value is -2.52. The highest BCUT2D eigenvalue weighted by Gasteiger charge is 2.53. The van der Waals surface area contributed by atoms with Gasteiger partial charge in [0.15, 0.2) is 0 Å². The molecule has 2 aliphatic heterocycles. The number of rotatable bonds is 9. The fraction of sp³-hybridized carbons (Fsp3) is 0.565. The first kappa shape index (κ1) is 24.6. The maximum absolute atomic E-state index is 13.6. The lowest BCUT2D eigenvalue weighted by atomic mass is 9.77. The third kappa shape index (κ3) is 4.95. The van der Waals surface area contributed by atoms with Crippen LogP contribution in [0.2, 0.25) is 10.0 Å². The first-order valence-electron chi connectivity index (χ1n) is 11.5. The average Bonchev–Trinajstić information content (AvgIpc) is 3.50. The Kier molecular flexibility index (Phi) is 6.96. The Bertz CT molecular complexity index is 1030. The van der Waals surface area contributed by atoms with Gasteiger partial charge in [-0.25, -0.2) is 0 Å². The standard InChI is InChI=1S/C23H29Cl2N5O4/c24-14-7-13-10-23(22(27)34,30-18(13)16(25)9-14)15(6-11-3-4-11)21(33)29-17(19(26)31)8-12-2-1-5-28-20(12)32/h7,9,11-12,15,17,30H,1-6,8,10H2,(H2,26,31)(H2,27,34)(H,28,32)(H,29,33)/t12-,15?,17-,23-/m0/s1. The summed E-state index contributed by atoms with van der Waals surface area (Å²) in [6.07, 6.45) is 3.93. The van der Waals surface area contributed by atoms with Gasteiger partial charge in [-0.05, 0) is 49.3 Å². The van der Waals surface area contributed by atoms with Crippen molar-refractivity contribution < 1.29 is 19.2 Å². The molecule has 0 aromatic heterocycles. The minimum atomic E-state index is -1.44. The summed E-state index contributed by atoms with van der Waals surface area (Å²) in [5.41, 5.74) is 11.3. The molecule has 0 bridgehead atoms. The number of nitrogens with two attached hydrogens (primary N) is 2. The summed E-state index contributed by atoms with van der Waals surface area (Å²) >= 11 is 12.5. The number of fused-ring (bicyclic) bond motifs is 1. The highest BCUT2D eigenvalue weighted by atomic mass is 35.5. The lowest BCUT2D eigenvalue weighted by Crippen LogP contribution is -2.61. The number of halogens is 2. The molecule has 1 aromatic carbocycles. The summed E-state index contributed by atoms with van der Waals surface area (Å²) in [5.74, 6) is -3.12. The number of nitrogens with one attached hydrogen (secondary N) is 3. The van der Waals surface area contributed by atoms with Crippen molar-refractivity contribution in [3.05, 3.63) is 27.7 Å². The number of primary amides is 2. The summed E-state index contributed by atoms with van der Waals surface area (Å²) in [6.45, 7) is 0.590. The van der Waals surface area contributed by atoms with Crippen molar-refractivity contribution in [2.75, 3.05) is 11.9 Å². The van der Waals surface area contributed by atoms with Gasteiger partial charge in [0, 0.05) is 23.9 Å². The second-order valence-corrected chi connectivity index (χ2v) is 10.5. The Morgan fingerprint density at radius 1 is 1.15 bits per heavy atom. The molecule has 0 spiro atoms. The van der Waals surface area contributed by atoms with Crippen LogP contribution in [0.25, 0.3) is 0 Å². The Morgan fingerprint density at radius 3 is 2.50 bits per heavy atom. The summed E-state index contributed by atoms with van der Waals surface area (Å²) < 4.78 is 0. The zero-order chi connectivity index (χ0) is 24.6. The number of benzene rings is 1. The minimum Gasteiger partial charge on any atom is -0.369 e. The van der Waals surface area contributed by atoms with Gasteiger partial charge in [-0.2, -0.15) is 0 Å². The first-order valence-corrected chi connectivity index (χ1v) is 12.3. The van der Waals surface area contributed by atoms with E-state index in [1.807, 2.05) is 0 Å². The second kappa shape index (κ2) is 9.62. The molecule has 4 rings (SSSR count). The molecule has 1 aliphatic carbocycles. The second-order valence-electron chi connectivity index (χ2n) is 9.62. The number of anilines is 1. The van der Waals surface area contributed by atoms with Gasteiger partial charge >= 0.3 is 0 Å². The fourth-order valence-electron chi connectivity index (χ4n) is 5.09. The van der Waals surface area contributed by atoms with Gasteiger partial charge in [0.05, 0.1) is 16.6 Å². The molecule has 3 aliphatic rings. The van der Waals surface area contributed by atoms with E-state index < -0.39 is 41.1 Å². The molecule has 4 atom stereocenters. The van der Waals surface area contributed by atoms with E-state index in [0.29, 0.717) is 40.7 Å². The van der Waals surface area contributed by atoms with E-state index in [1.165, 1.54) is 0 Å². The molecule has 34 heavy (non-hydrogen) atoms. The average molecular weight is 510 g/mol. The van der Waals surface area contributed by atoms with Crippen LogP contribution in [-0.2, 0) is 25.6 Å². The summed E-state index contributed by atoms with van der Waals surface area (Å²) in [6, 6.07) is 2.20. The van der Waals surface area contributed by atoms with Crippen LogP contribution in [-0.4, -0.2) is 41.8 Å². The molecule has 1 aromatic rings. The van der Waals surface area contributed by atoms with Crippen molar-refractivity contribution in [1.29, 1.82) is 0 Å². The molecule has 2 heterocycles. The number of carbonyl (C=O) groups is 4. The highest BCUT2D eigenvalue weighted by Crippen LogP contribution is 2.46. The van der Waals surface area contributed by atoms with Crippen molar-refractivity contribution in [3.8, 4) is 0 Å². The predicted octanol–water partition coefficient (Wildman–Crippen LogP) is 1.49. The van der Waals surface area contributed by atoms with Gasteiger partial charge < -0.3 is 27.4 Å². The van der Waals surface area contributed by atoms with E-state index in [9.17, 15) is 19.2 Å². The summed E-state index contributed by atoms with van der Waals surface area (Å²) in [7, 11) is 0. The molecule has 7 N–H and O–H groups in total. The van der Waals surface area contributed by atoms with E-state index in [0.717, 1.165) is 19.3 Å². The van der Waals surface area contributed by atoms with Crippen LogP contribution in [0, 0.1) is 17.8 Å². The number of amides is 4. The zero-order valence-electron chi connectivity index (χ0n) is 18.7. The topological polar surface area (TPSA) is 156 Å². The Morgan fingerprint density at radius 2 is 1.88 bits per heavy atom. The number of carbonyl (C=O) groups excluding carboxylic acids is 4. The van der Waals surface area contributed by atoms with Crippen molar-refractivity contribution in [3.63, 3.8) is 0 Å². The minimum absolute atomic E-state index is 0.0989. The van der Waals surface area contributed by atoms with Crippen LogP contribution in [0.15, 0.2) is 12.1 Å². The molecular weight excluding hydrogens is 481 g/mol. The van der Waals surface area contributed by atoms with E-state index >= 15 is 0 Å². The van der Waals surface area contributed by atoms with Crippen LogP contribution < -0.4 is 27.4 Å². The van der Waals surface area contributed by atoms with Crippen LogP contribution in [0.4, 0.5) is 5.69 Å². The van der Waals surface area contributed by atoms with Gasteiger partial charge in [0.1, 0.15) is 11.6 Å². The smallest absolute Gasteiger partial charge is 0.244 e. The van der Waals surface area contributed by atoms with Gasteiger partial charge in [0.25, 0.3) is 0 Å². The maximum atomic E-state index is 13.6. The normalized spacial score (nSPS) is 25.5. The lowest BCUT2D eigenvalue weighted by molar-refractivity contribution is -0.136. The Balaban J connectivity index is 1.60. The van der Waals surface area contributed by atoms with Crippen LogP contribution in [0.5, 0.6) is 0 Å². The molecule has 0 radical (unpaired) electrons. The van der Waals surface area contributed by atoms with Crippen molar-refractivity contribution in [2.24, 2.45) is 29.2 Å². The van der Waals surface area contributed by atoms with E-state index in [4.69, 9.17) is 34.7 Å². The zero-order valence-corrected chi connectivity index (χ0v) is 20.2. The van der Waals surface area contributed by atoms with E-state index in [1.54, 1.807) is 12.1 Å². The van der Waals surface area contributed by atoms with Crippen LogP contribution >= 0.6 is 23.2 Å². The molecular formula is C23H29Cl2N5O4. The molecule has 11 heteroatoms. The first-order chi connectivity index (χ1) is 16.1. The van der Waals surface area contributed by atoms with Crippen molar-refractivity contribution >= 4 is 52.5 Å².